The van der Waals surface area contributed by atoms with E-state index >= 15 is 0 Å². The van der Waals surface area contributed by atoms with Crippen LogP contribution in [0.15, 0.2) is 30.3 Å². The minimum Gasteiger partial charge on any atom is -0.480 e. The third kappa shape index (κ3) is 3.54. The molecule has 21 heavy (non-hydrogen) atoms. The van der Waals surface area contributed by atoms with Crippen LogP contribution in [-0.4, -0.2) is 40.3 Å². The molecule has 1 aliphatic rings. The fraction of sp³-hybridized carbons (Fsp3) is 0.500. The van der Waals surface area contributed by atoms with Crippen molar-refractivity contribution in [3.8, 4) is 0 Å². The Morgan fingerprint density at radius 3 is 2.38 bits per heavy atom. The van der Waals surface area contributed by atoms with Crippen LogP contribution in [0.25, 0.3) is 0 Å². The number of carbonyl (C=O) groups is 2. The molecule has 1 saturated heterocycles. The number of hydrogen-bond acceptors (Lipinski definition) is 3. The summed E-state index contributed by atoms with van der Waals surface area (Å²) in [6.07, 6.45) is 0.0635. The average molecular weight is 291 g/mol. The van der Waals surface area contributed by atoms with Crippen molar-refractivity contribution in [1.29, 1.82) is 0 Å². The zero-order chi connectivity index (χ0) is 15.6. The van der Waals surface area contributed by atoms with E-state index in [1.165, 1.54) is 4.90 Å². The highest BCUT2D eigenvalue weighted by Crippen LogP contribution is 2.34. The first kappa shape index (κ1) is 15.4. The minimum atomic E-state index is -0.993. The van der Waals surface area contributed by atoms with Gasteiger partial charge in [-0.25, -0.2) is 9.59 Å². The van der Waals surface area contributed by atoms with E-state index in [1.54, 1.807) is 20.8 Å². The van der Waals surface area contributed by atoms with Crippen LogP contribution in [0.5, 0.6) is 0 Å². The number of nitrogens with zero attached hydrogens (tertiary/aromatic N) is 1. The highest BCUT2D eigenvalue weighted by atomic mass is 16.6. The second kappa shape index (κ2) is 5.76. The van der Waals surface area contributed by atoms with E-state index in [2.05, 4.69) is 0 Å². The van der Waals surface area contributed by atoms with Crippen LogP contribution < -0.4 is 0 Å². The summed E-state index contributed by atoms with van der Waals surface area (Å²) in [6.45, 7) is 5.70. The first-order valence-electron chi connectivity index (χ1n) is 7.07. The van der Waals surface area contributed by atoms with Gasteiger partial charge in [0.15, 0.2) is 0 Å². The van der Waals surface area contributed by atoms with Gasteiger partial charge in [0.05, 0.1) is 0 Å². The van der Waals surface area contributed by atoms with Crippen molar-refractivity contribution in [2.75, 3.05) is 6.54 Å². The third-order valence-corrected chi connectivity index (χ3v) is 3.51. The first-order valence-corrected chi connectivity index (χ1v) is 7.07. The number of rotatable bonds is 2. The number of hydrogen-bond donors (Lipinski definition) is 1. The second-order valence-corrected chi connectivity index (χ2v) is 6.26. The van der Waals surface area contributed by atoms with Crippen LogP contribution in [-0.2, 0) is 9.53 Å². The lowest BCUT2D eigenvalue weighted by Gasteiger charge is -2.28. The lowest BCUT2D eigenvalue weighted by Crippen LogP contribution is -2.45. The average Bonchev–Trinajstić information content (AvgIpc) is 2.82. The van der Waals surface area contributed by atoms with E-state index in [0.717, 1.165) is 5.56 Å². The lowest BCUT2D eigenvalue weighted by molar-refractivity contribution is -0.142. The van der Waals surface area contributed by atoms with Crippen LogP contribution in [0.1, 0.15) is 38.7 Å². The molecule has 1 N–H and O–H groups in total. The van der Waals surface area contributed by atoms with Gasteiger partial charge < -0.3 is 9.84 Å². The van der Waals surface area contributed by atoms with Gasteiger partial charge in [0.25, 0.3) is 0 Å². The Morgan fingerprint density at radius 2 is 1.86 bits per heavy atom. The Bertz CT molecular complexity index is 521. The Kier molecular flexibility index (Phi) is 4.21. The van der Waals surface area contributed by atoms with E-state index < -0.39 is 23.7 Å². The molecule has 1 aromatic carbocycles. The van der Waals surface area contributed by atoms with Crippen molar-refractivity contribution in [3.05, 3.63) is 35.9 Å². The Labute approximate surface area is 124 Å². The summed E-state index contributed by atoms with van der Waals surface area (Å²) in [6, 6.07) is 8.58. The molecule has 0 aromatic heterocycles. The molecule has 2 rings (SSSR count). The van der Waals surface area contributed by atoms with Gasteiger partial charge in [0.2, 0.25) is 0 Å². The van der Waals surface area contributed by atoms with Crippen molar-refractivity contribution in [3.63, 3.8) is 0 Å². The van der Waals surface area contributed by atoms with E-state index in [9.17, 15) is 14.7 Å². The molecular weight excluding hydrogens is 270 g/mol. The van der Waals surface area contributed by atoms with Crippen molar-refractivity contribution < 1.29 is 19.4 Å². The fourth-order valence-corrected chi connectivity index (χ4v) is 2.67. The number of aliphatic carboxylic acids is 1. The van der Waals surface area contributed by atoms with Gasteiger partial charge in [-0.05, 0) is 32.8 Å². The summed E-state index contributed by atoms with van der Waals surface area (Å²) in [5.41, 5.74) is 0.307. The summed E-state index contributed by atoms with van der Waals surface area (Å²) < 4.78 is 5.31. The van der Waals surface area contributed by atoms with Crippen LogP contribution in [0.3, 0.4) is 0 Å². The molecule has 0 saturated carbocycles. The van der Waals surface area contributed by atoms with Crippen LogP contribution in [0.4, 0.5) is 4.79 Å². The largest absolute Gasteiger partial charge is 0.480 e. The van der Waals surface area contributed by atoms with E-state index in [4.69, 9.17) is 4.74 Å². The normalized spacial score (nSPS) is 22.1. The van der Waals surface area contributed by atoms with Crippen LogP contribution >= 0.6 is 0 Å². The predicted molar refractivity (Wildman–Crippen MR) is 78.2 cm³/mol. The lowest BCUT2D eigenvalue weighted by atomic mass is 9.92. The summed E-state index contributed by atoms with van der Waals surface area (Å²) in [4.78, 5) is 25.1. The number of carboxylic acid groups (broad SMARTS) is 1. The molecule has 1 aliphatic heterocycles. The molecule has 5 nitrogen and oxygen atoms in total. The Balaban J connectivity index is 2.22. The van der Waals surface area contributed by atoms with Gasteiger partial charge in [0, 0.05) is 12.5 Å². The monoisotopic (exact) mass is 291 g/mol. The van der Waals surface area contributed by atoms with Gasteiger partial charge >= 0.3 is 12.1 Å². The highest BCUT2D eigenvalue weighted by Gasteiger charge is 2.44. The van der Waals surface area contributed by atoms with Gasteiger partial charge in [-0.3, -0.25) is 4.90 Å². The molecule has 0 aliphatic carbocycles. The zero-order valence-corrected chi connectivity index (χ0v) is 12.6. The SMILES string of the molecule is CC(C)(C)OC(=O)N1CC[C@H](c2ccccc2)C1C(=O)O. The molecule has 5 heteroatoms. The Morgan fingerprint density at radius 1 is 1.24 bits per heavy atom. The Hall–Kier alpha value is -2.04. The molecule has 2 atom stereocenters. The van der Waals surface area contributed by atoms with Gasteiger partial charge in [-0.1, -0.05) is 30.3 Å². The van der Waals surface area contributed by atoms with Gasteiger partial charge in [-0.15, -0.1) is 0 Å². The van der Waals surface area contributed by atoms with Gasteiger partial charge in [0.1, 0.15) is 11.6 Å². The zero-order valence-electron chi connectivity index (χ0n) is 12.6. The highest BCUT2D eigenvalue weighted by molar-refractivity contribution is 5.82. The maximum Gasteiger partial charge on any atom is 0.411 e. The number of carbonyl (C=O) groups excluding carboxylic acids is 1. The summed E-state index contributed by atoms with van der Waals surface area (Å²) in [5, 5.41) is 9.51. The predicted octanol–water partition coefficient (Wildman–Crippen LogP) is 2.86. The molecule has 0 radical (unpaired) electrons. The number of benzene rings is 1. The smallest absolute Gasteiger partial charge is 0.411 e. The van der Waals surface area contributed by atoms with Crippen LogP contribution in [0, 0.1) is 0 Å². The summed E-state index contributed by atoms with van der Waals surface area (Å²) in [7, 11) is 0. The minimum absolute atomic E-state index is 0.198. The van der Waals surface area contributed by atoms with E-state index in [-0.39, 0.29) is 5.92 Å². The molecular formula is C16H21NO4. The van der Waals surface area contributed by atoms with E-state index in [1.807, 2.05) is 30.3 Å². The summed E-state index contributed by atoms with van der Waals surface area (Å²) in [5.74, 6) is -1.19. The maximum atomic E-state index is 12.2. The van der Waals surface area contributed by atoms with Crippen molar-refractivity contribution in [1.82, 2.24) is 4.90 Å². The molecule has 1 unspecified atom stereocenters. The third-order valence-electron chi connectivity index (χ3n) is 3.51. The van der Waals surface area contributed by atoms with Crippen molar-refractivity contribution in [2.24, 2.45) is 0 Å². The van der Waals surface area contributed by atoms with Crippen molar-refractivity contribution in [2.45, 2.75) is 44.8 Å². The molecule has 114 valence electrons. The molecule has 1 heterocycles. The maximum absolute atomic E-state index is 12.2. The second-order valence-electron chi connectivity index (χ2n) is 6.26. The van der Waals surface area contributed by atoms with Gasteiger partial charge in [-0.2, -0.15) is 0 Å². The standard InChI is InChI=1S/C16H21NO4/c1-16(2,3)21-15(20)17-10-9-12(13(17)14(18)19)11-7-5-4-6-8-11/h4-8,12-13H,9-10H2,1-3H3,(H,18,19)/t12-,13?/m1/s1. The quantitative estimate of drug-likeness (QED) is 0.909. The molecule has 1 fully saturated rings. The topological polar surface area (TPSA) is 66.8 Å². The number of carboxylic acids is 1. The first-order chi connectivity index (χ1) is 9.79. The van der Waals surface area contributed by atoms with E-state index in [0.29, 0.717) is 13.0 Å². The fourth-order valence-electron chi connectivity index (χ4n) is 2.67. The molecule has 1 aromatic rings. The number of likely N-dealkylation sites (tertiary alicyclic amines) is 1. The summed E-state index contributed by atoms with van der Waals surface area (Å²) >= 11 is 0. The number of amides is 1. The molecule has 1 amide bonds. The van der Waals surface area contributed by atoms with Crippen molar-refractivity contribution >= 4 is 12.1 Å². The molecule has 0 bridgehead atoms. The van der Waals surface area contributed by atoms with Crippen LogP contribution in [0.2, 0.25) is 0 Å². The molecule has 0 spiro atoms. The number of ether oxygens (including phenoxy) is 1.